The number of piperidine rings is 1. The third-order valence-electron chi connectivity index (χ3n) is 4.38. The second-order valence-electron chi connectivity index (χ2n) is 6.20. The van der Waals surface area contributed by atoms with Crippen LogP contribution in [0.4, 0.5) is 0 Å². The number of nitrogens with one attached hydrogen (secondary N) is 1. The first-order chi connectivity index (χ1) is 11.3. The SMILES string of the molecule is CCNC(=NCCCOC)N1CCC(Cc2ccccc2)CC1. The highest BCUT2D eigenvalue weighted by molar-refractivity contribution is 5.80. The predicted octanol–water partition coefficient (Wildman–Crippen LogP) is 2.94. The molecule has 1 N–H and O–H groups in total. The quantitative estimate of drug-likeness (QED) is 0.477. The van der Waals surface area contributed by atoms with Gasteiger partial charge in [-0.15, -0.1) is 0 Å². The number of nitrogens with zero attached hydrogens (tertiary/aromatic N) is 2. The minimum Gasteiger partial charge on any atom is -0.385 e. The molecular weight excluding hydrogens is 286 g/mol. The lowest BCUT2D eigenvalue weighted by atomic mass is 9.90. The minimum atomic E-state index is 0.780. The van der Waals surface area contributed by atoms with Gasteiger partial charge < -0.3 is 15.0 Å². The first kappa shape index (κ1) is 17.8. The number of methoxy groups -OCH3 is 1. The van der Waals surface area contributed by atoms with Crippen LogP contribution in [0.5, 0.6) is 0 Å². The highest BCUT2D eigenvalue weighted by Gasteiger charge is 2.21. The van der Waals surface area contributed by atoms with Crippen LogP contribution in [0.25, 0.3) is 0 Å². The van der Waals surface area contributed by atoms with Crippen molar-refractivity contribution in [3.8, 4) is 0 Å². The van der Waals surface area contributed by atoms with E-state index in [-0.39, 0.29) is 0 Å². The molecule has 0 aliphatic carbocycles. The maximum atomic E-state index is 5.10. The van der Waals surface area contributed by atoms with Crippen LogP contribution in [0.3, 0.4) is 0 Å². The van der Waals surface area contributed by atoms with E-state index in [1.54, 1.807) is 7.11 Å². The highest BCUT2D eigenvalue weighted by atomic mass is 16.5. The molecule has 1 saturated heterocycles. The van der Waals surface area contributed by atoms with Crippen molar-refractivity contribution in [1.29, 1.82) is 0 Å². The topological polar surface area (TPSA) is 36.9 Å². The van der Waals surface area contributed by atoms with E-state index in [9.17, 15) is 0 Å². The molecule has 1 aliphatic heterocycles. The lowest BCUT2D eigenvalue weighted by Gasteiger charge is -2.34. The Morgan fingerprint density at radius 3 is 2.65 bits per heavy atom. The second kappa shape index (κ2) is 10.3. The molecule has 1 aromatic rings. The van der Waals surface area contributed by atoms with Crippen molar-refractivity contribution in [2.75, 3.05) is 39.9 Å². The third kappa shape index (κ3) is 6.22. The van der Waals surface area contributed by atoms with Gasteiger partial charge in [0.2, 0.25) is 0 Å². The van der Waals surface area contributed by atoms with Gasteiger partial charge in [-0.1, -0.05) is 30.3 Å². The number of likely N-dealkylation sites (tertiary alicyclic amines) is 1. The van der Waals surface area contributed by atoms with E-state index < -0.39 is 0 Å². The lowest BCUT2D eigenvalue weighted by Crippen LogP contribution is -2.46. The van der Waals surface area contributed by atoms with E-state index in [2.05, 4.69) is 47.5 Å². The van der Waals surface area contributed by atoms with Gasteiger partial charge in [-0.25, -0.2) is 0 Å². The van der Waals surface area contributed by atoms with E-state index in [1.165, 1.54) is 24.8 Å². The van der Waals surface area contributed by atoms with Crippen molar-refractivity contribution in [1.82, 2.24) is 10.2 Å². The van der Waals surface area contributed by atoms with Crippen molar-refractivity contribution in [2.45, 2.75) is 32.6 Å². The second-order valence-corrected chi connectivity index (χ2v) is 6.20. The Hall–Kier alpha value is -1.55. The smallest absolute Gasteiger partial charge is 0.193 e. The molecule has 0 bridgehead atoms. The monoisotopic (exact) mass is 317 g/mol. The Labute approximate surface area is 140 Å². The average molecular weight is 317 g/mol. The summed E-state index contributed by atoms with van der Waals surface area (Å²) in [5.41, 5.74) is 1.46. The summed E-state index contributed by atoms with van der Waals surface area (Å²) in [4.78, 5) is 7.15. The van der Waals surface area contributed by atoms with Crippen LogP contribution in [-0.4, -0.2) is 50.8 Å². The van der Waals surface area contributed by atoms with E-state index in [0.717, 1.165) is 51.1 Å². The normalized spacial score (nSPS) is 16.6. The summed E-state index contributed by atoms with van der Waals surface area (Å²) in [5.74, 6) is 1.87. The molecule has 0 saturated carbocycles. The largest absolute Gasteiger partial charge is 0.385 e. The molecule has 1 heterocycles. The summed E-state index contributed by atoms with van der Waals surface area (Å²) in [5, 5.41) is 3.43. The first-order valence-electron chi connectivity index (χ1n) is 8.89. The molecule has 4 nitrogen and oxygen atoms in total. The number of rotatable bonds is 7. The molecule has 2 rings (SSSR count). The lowest BCUT2D eigenvalue weighted by molar-refractivity contribution is 0.196. The van der Waals surface area contributed by atoms with E-state index in [4.69, 9.17) is 9.73 Å². The van der Waals surface area contributed by atoms with Crippen molar-refractivity contribution >= 4 is 5.96 Å². The van der Waals surface area contributed by atoms with Gasteiger partial charge in [0.15, 0.2) is 5.96 Å². The number of aliphatic imine (C=N–C) groups is 1. The standard InChI is InChI=1S/C19H31N3O/c1-3-20-19(21-12-7-15-23-2)22-13-10-18(11-14-22)16-17-8-5-4-6-9-17/h4-6,8-9,18H,3,7,10-16H2,1-2H3,(H,20,21). The zero-order valence-electron chi connectivity index (χ0n) is 14.6. The van der Waals surface area contributed by atoms with Crippen LogP contribution in [0.15, 0.2) is 35.3 Å². The van der Waals surface area contributed by atoms with E-state index in [1.807, 2.05) is 0 Å². The Bertz CT molecular complexity index is 453. The Morgan fingerprint density at radius 2 is 2.00 bits per heavy atom. The molecule has 0 spiro atoms. The summed E-state index contributed by atoms with van der Waals surface area (Å²) in [6.45, 7) is 6.88. The zero-order valence-corrected chi connectivity index (χ0v) is 14.6. The molecule has 0 unspecified atom stereocenters. The predicted molar refractivity (Wildman–Crippen MR) is 96.9 cm³/mol. The summed E-state index contributed by atoms with van der Waals surface area (Å²) < 4.78 is 5.10. The van der Waals surface area contributed by atoms with Crippen LogP contribution in [0.2, 0.25) is 0 Å². The van der Waals surface area contributed by atoms with Gasteiger partial charge in [-0.2, -0.15) is 0 Å². The Kier molecular flexibility index (Phi) is 7.95. The fourth-order valence-corrected chi connectivity index (χ4v) is 3.12. The summed E-state index contributed by atoms with van der Waals surface area (Å²) in [7, 11) is 1.74. The summed E-state index contributed by atoms with van der Waals surface area (Å²) in [6, 6.07) is 10.9. The van der Waals surface area contributed by atoms with E-state index in [0.29, 0.717) is 0 Å². The molecule has 0 atom stereocenters. The number of hydrogen-bond donors (Lipinski definition) is 1. The number of ether oxygens (including phenoxy) is 1. The third-order valence-corrected chi connectivity index (χ3v) is 4.38. The van der Waals surface area contributed by atoms with Crippen molar-refractivity contribution in [3.63, 3.8) is 0 Å². The zero-order chi connectivity index (χ0) is 16.3. The molecule has 1 fully saturated rings. The van der Waals surface area contributed by atoms with Gasteiger partial charge in [0.1, 0.15) is 0 Å². The molecule has 128 valence electrons. The summed E-state index contributed by atoms with van der Waals surface area (Å²) >= 11 is 0. The fourth-order valence-electron chi connectivity index (χ4n) is 3.12. The van der Waals surface area contributed by atoms with Gasteiger partial charge in [0, 0.05) is 39.9 Å². The van der Waals surface area contributed by atoms with Gasteiger partial charge >= 0.3 is 0 Å². The van der Waals surface area contributed by atoms with Crippen molar-refractivity contribution < 1.29 is 4.74 Å². The Balaban J connectivity index is 1.80. The minimum absolute atomic E-state index is 0.780. The molecule has 0 radical (unpaired) electrons. The maximum Gasteiger partial charge on any atom is 0.193 e. The van der Waals surface area contributed by atoms with Crippen LogP contribution >= 0.6 is 0 Å². The van der Waals surface area contributed by atoms with Gasteiger partial charge in [0.05, 0.1) is 0 Å². The molecule has 23 heavy (non-hydrogen) atoms. The van der Waals surface area contributed by atoms with Crippen LogP contribution < -0.4 is 5.32 Å². The van der Waals surface area contributed by atoms with Crippen molar-refractivity contribution in [3.05, 3.63) is 35.9 Å². The van der Waals surface area contributed by atoms with Crippen LogP contribution in [0, 0.1) is 5.92 Å². The van der Waals surface area contributed by atoms with Gasteiger partial charge in [0.25, 0.3) is 0 Å². The molecule has 1 aromatic carbocycles. The van der Waals surface area contributed by atoms with Gasteiger partial charge in [-0.3, -0.25) is 4.99 Å². The van der Waals surface area contributed by atoms with Crippen LogP contribution in [0.1, 0.15) is 31.7 Å². The average Bonchev–Trinajstić information content (AvgIpc) is 2.59. The molecule has 0 amide bonds. The number of hydrogen-bond acceptors (Lipinski definition) is 2. The first-order valence-corrected chi connectivity index (χ1v) is 8.89. The molecule has 4 heteroatoms. The highest BCUT2D eigenvalue weighted by Crippen LogP contribution is 2.21. The summed E-state index contributed by atoms with van der Waals surface area (Å²) in [6.07, 6.45) is 4.68. The number of benzene rings is 1. The van der Waals surface area contributed by atoms with Gasteiger partial charge in [-0.05, 0) is 44.1 Å². The molecule has 0 aromatic heterocycles. The maximum absolute atomic E-state index is 5.10. The molecule has 1 aliphatic rings. The number of guanidine groups is 1. The van der Waals surface area contributed by atoms with E-state index >= 15 is 0 Å². The fraction of sp³-hybridized carbons (Fsp3) is 0.632. The molecular formula is C19H31N3O. The van der Waals surface area contributed by atoms with Crippen molar-refractivity contribution in [2.24, 2.45) is 10.9 Å². The Morgan fingerprint density at radius 1 is 1.26 bits per heavy atom. The van der Waals surface area contributed by atoms with Crippen LogP contribution in [-0.2, 0) is 11.2 Å².